The van der Waals surface area contributed by atoms with Crippen molar-refractivity contribution in [3.05, 3.63) is 59.7 Å². The van der Waals surface area contributed by atoms with Crippen molar-refractivity contribution in [1.82, 2.24) is 10.2 Å². The van der Waals surface area contributed by atoms with Gasteiger partial charge in [-0.2, -0.15) is 0 Å². The van der Waals surface area contributed by atoms with Crippen LogP contribution in [0.15, 0.2) is 48.5 Å². The summed E-state index contributed by atoms with van der Waals surface area (Å²) in [5, 5.41) is 8.66. The smallest absolute Gasteiger partial charge is 0.253 e. The monoisotopic (exact) mass is 410 g/mol. The molecule has 2 aromatic carbocycles. The Hall–Kier alpha value is -3.35. The molecule has 0 unspecified atom stereocenters. The molecule has 0 aliphatic rings. The predicted molar refractivity (Wildman–Crippen MR) is 120 cm³/mol. The van der Waals surface area contributed by atoms with E-state index in [0.717, 1.165) is 5.69 Å². The zero-order valence-electron chi connectivity index (χ0n) is 18.0. The highest BCUT2D eigenvalue weighted by Gasteiger charge is 2.12. The van der Waals surface area contributed by atoms with Crippen LogP contribution in [0.1, 0.15) is 48.4 Å². The summed E-state index contributed by atoms with van der Waals surface area (Å²) < 4.78 is 0. The number of benzene rings is 2. The number of rotatable bonds is 9. The van der Waals surface area contributed by atoms with E-state index in [-0.39, 0.29) is 30.3 Å². The van der Waals surface area contributed by atoms with E-state index >= 15 is 0 Å². The average molecular weight is 411 g/mol. The molecule has 0 saturated heterocycles. The van der Waals surface area contributed by atoms with Crippen LogP contribution < -0.4 is 16.0 Å². The molecule has 3 amide bonds. The second kappa shape index (κ2) is 11.0. The fourth-order valence-electron chi connectivity index (χ4n) is 2.86. The van der Waals surface area contributed by atoms with Crippen LogP contribution >= 0.6 is 0 Å². The molecule has 30 heavy (non-hydrogen) atoms. The highest BCUT2D eigenvalue weighted by atomic mass is 16.2. The average Bonchev–Trinajstić information content (AvgIpc) is 2.73. The Morgan fingerprint density at radius 2 is 1.37 bits per heavy atom. The molecule has 0 fully saturated rings. The number of nitrogens with one attached hydrogen (secondary N) is 3. The van der Waals surface area contributed by atoms with Crippen LogP contribution in [-0.4, -0.2) is 48.3 Å². The molecular weight excluding hydrogens is 380 g/mol. The van der Waals surface area contributed by atoms with Gasteiger partial charge in [0, 0.05) is 41.6 Å². The van der Waals surface area contributed by atoms with E-state index in [1.807, 2.05) is 27.7 Å². The third kappa shape index (κ3) is 6.62. The molecule has 7 heteroatoms. The summed E-state index contributed by atoms with van der Waals surface area (Å²) in [5.74, 6) is -0.360. The standard InChI is InChI=1S/C23H30N4O3/c1-5-27(6-2)23(30)18-9-13-20(14-10-18)26-21(28)15-24-19-11-7-17(8-12-19)22(29)25-16(3)4/h7-14,16,24H,5-6,15H2,1-4H3,(H,25,29)(H,26,28). The molecule has 0 bridgehead atoms. The third-order valence-electron chi connectivity index (χ3n) is 4.49. The first kappa shape index (κ1) is 22.9. The summed E-state index contributed by atoms with van der Waals surface area (Å²) in [6, 6.07) is 13.9. The maximum atomic E-state index is 12.3. The van der Waals surface area contributed by atoms with Gasteiger partial charge in [0.15, 0.2) is 0 Å². The second-order valence-corrected chi connectivity index (χ2v) is 7.16. The molecule has 160 valence electrons. The minimum absolute atomic E-state index is 0.0231. The third-order valence-corrected chi connectivity index (χ3v) is 4.49. The maximum absolute atomic E-state index is 12.3. The zero-order valence-corrected chi connectivity index (χ0v) is 18.0. The van der Waals surface area contributed by atoms with Gasteiger partial charge in [0.05, 0.1) is 6.54 Å². The molecule has 0 atom stereocenters. The highest BCUT2D eigenvalue weighted by Crippen LogP contribution is 2.13. The van der Waals surface area contributed by atoms with Crippen molar-refractivity contribution in [3.63, 3.8) is 0 Å². The van der Waals surface area contributed by atoms with E-state index in [0.29, 0.717) is 29.9 Å². The first-order valence-corrected chi connectivity index (χ1v) is 10.2. The minimum Gasteiger partial charge on any atom is -0.376 e. The molecule has 2 rings (SSSR count). The molecule has 0 radical (unpaired) electrons. The normalized spacial score (nSPS) is 10.4. The van der Waals surface area contributed by atoms with Gasteiger partial charge in [-0.15, -0.1) is 0 Å². The maximum Gasteiger partial charge on any atom is 0.253 e. The van der Waals surface area contributed by atoms with Crippen molar-refractivity contribution >= 4 is 29.1 Å². The van der Waals surface area contributed by atoms with Gasteiger partial charge in [-0.3, -0.25) is 14.4 Å². The van der Waals surface area contributed by atoms with Gasteiger partial charge in [-0.05, 0) is 76.2 Å². The van der Waals surface area contributed by atoms with Gasteiger partial charge in [-0.1, -0.05) is 0 Å². The van der Waals surface area contributed by atoms with E-state index in [4.69, 9.17) is 0 Å². The molecular formula is C23H30N4O3. The summed E-state index contributed by atoms with van der Waals surface area (Å²) in [6.45, 7) is 9.09. The lowest BCUT2D eigenvalue weighted by Crippen LogP contribution is -2.30. The zero-order chi connectivity index (χ0) is 22.1. The van der Waals surface area contributed by atoms with E-state index in [9.17, 15) is 14.4 Å². The van der Waals surface area contributed by atoms with Crippen LogP contribution in [0, 0.1) is 0 Å². The Bertz CT molecular complexity index is 857. The number of anilines is 2. The quantitative estimate of drug-likeness (QED) is 0.591. The van der Waals surface area contributed by atoms with Crippen LogP contribution in [0.5, 0.6) is 0 Å². The first-order chi connectivity index (χ1) is 14.3. The Morgan fingerprint density at radius 3 is 1.90 bits per heavy atom. The predicted octanol–water partition coefficient (Wildman–Crippen LogP) is 3.36. The van der Waals surface area contributed by atoms with Crippen LogP contribution in [0.2, 0.25) is 0 Å². The van der Waals surface area contributed by atoms with Gasteiger partial charge in [-0.25, -0.2) is 0 Å². The first-order valence-electron chi connectivity index (χ1n) is 10.2. The summed E-state index contributed by atoms with van der Waals surface area (Å²) >= 11 is 0. The van der Waals surface area contributed by atoms with Gasteiger partial charge in [0.2, 0.25) is 5.91 Å². The molecule has 3 N–H and O–H groups in total. The van der Waals surface area contributed by atoms with Crippen LogP contribution in [0.3, 0.4) is 0 Å². The Morgan fingerprint density at radius 1 is 0.833 bits per heavy atom. The summed E-state index contributed by atoms with van der Waals surface area (Å²) in [7, 11) is 0. The van der Waals surface area contributed by atoms with Crippen molar-refractivity contribution in [1.29, 1.82) is 0 Å². The van der Waals surface area contributed by atoms with Crippen molar-refractivity contribution in [2.24, 2.45) is 0 Å². The molecule has 7 nitrogen and oxygen atoms in total. The Labute approximate surface area is 177 Å². The Kier molecular flexibility index (Phi) is 8.41. The number of amides is 3. The largest absolute Gasteiger partial charge is 0.376 e. The molecule has 0 aliphatic heterocycles. The summed E-state index contributed by atoms with van der Waals surface area (Å²) in [5.41, 5.74) is 2.53. The van der Waals surface area contributed by atoms with Gasteiger partial charge in [0.25, 0.3) is 11.8 Å². The van der Waals surface area contributed by atoms with Crippen molar-refractivity contribution in [3.8, 4) is 0 Å². The van der Waals surface area contributed by atoms with Crippen LogP contribution in [0.4, 0.5) is 11.4 Å². The lowest BCUT2D eigenvalue weighted by molar-refractivity contribution is -0.114. The molecule has 2 aromatic rings. The fourth-order valence-corrected chi connectivity index (χ4v) is 2.86. The number of nitrogens with zero attached hydrogens (tertiary/aromatic N) is 1. The van der Waals surface area contributed by atoms with Crippen molar-refractivity contribution in [2.75, 3.05) is 30.3 Å². The molecule has 0 saturated carbocycles. The lowest BCUT2D eigenvalue weighted by Gasteiger charge is -2.18. The van der Waals surface area contributed by atoms with Crippen molar-refractivity contribution in [2.45, 2.75) is 33.7 Å². The molecule has 0 aliphatic carbocycles. The topological polar surface area (TPSA) is 90.5 Å². The van der Waals surface area contributed by atoms with Crippen molar-refractivity contribution < 1.29 is 14.4 Å². The number of hydrogen-bond acceptors (Lipinski definition) is 4. The van der Waals surface area contributed by atoms with Gasteiger partial charge in [0.1, 0.15) is 0 Å². The van der Waals surface area contributed by atoms with E-state index < -0.39 is 0 Å². The molecule has 0 heterocycles. The van der Waals surface area contributed by atoms with E-state index in [1.54, 1.807) is 53.4 Å². The Balaban J connectivity index is 1.86. The number of carbonyl (C=O) groups excluding carboxylic acids is 3. The fraction of sp³-hybridized carbons (Fsp3) is 0.348. The van der Waals surface area contributed by atoms with E-state index in [1.165, 1.54) is 0 Å². The molecule has 0 aromatic heterocycles. The number of carbonyl (C=O) groups is 3. The number of hydrogen-bond donors (Lipinski definition) is 3. The van der Waals surface area contributed by atoms with E-state index in [2.05, 4.69) is 16.0 Å². The molecule has 0 spiro atoms. The summed E-state index contributed by atoms with van der Waals surface area (Å²) in [4.78, 5) is 38.2. The summed E-state index contributed by atoms with van der Waals surface area (Å²) in [6.07, 6.45) is 0. The van der Waals surface area contributed by atoms with Crippen LogP contribution in [0.25, 0.3) is 0 Å². The lowest BCUT2D eigenvalue weighted by atomic mass is 10.1. The van der Waals surface area contributed by atoms with Gasteiger partial charge >= 0.3 is 0 Å². The SMILES string of the molecule is CCN(CC)C(=O)c1ccc(NC(=O)CNc2ccc(C(=O)NC(C)C)cc2)cc1. The second-order valence-electron chi connectivity index (χ2n) is 7.16. The minimum atomic E-state index is -0.209. The van der Waals surface area contributed by atoms with Gasteiger partial charge < -0.3 is 20.9 Å². The van der Waals surface area contributed by atoms with Crippen LogP contribution in [-0.2, 0) is 4.79 Å². The highest BCUT2D eigenvalue weighted by molar-refractivity contribution is 5.97.